The van der Waals surface area contributed by atoms with Crippen LogP contribution < -0.4 is 0 Å². The molecule has 0 aliphatic heterocycles. The van der Waals surface area contributed by atoms with Gasteiger partial charge in [0.15, 0.2) is 0 Å². The van der Waals surface area contributed by atoms with Crippen molar-refractivity contribution in [3.8, 4) is 0 Å². The van der Waals surface area contributed by atoms with Gasteiger partial charge in [-0.25, -0.2) is 9.18 Å². The van der Waals surface area contributed by atoms with Crippen LogP contribution in [-0.2, 0) is 22.7 Å². The van der Waals surface area contributed by atoms with E-state index >= 15 is 0 Å². The topological polar surface area (TPSA) is 35.5 Å². The second kappa shape index (κ2) is 7.42. The van der Waals surface area contributed by atoms with E-state index in [1.165, 1.54) is 24.5 Å². The molecule has 0 radical (unpaired) electrons. The summed E-state index contributed by atoms with van der Waals surface area (Å²) < 4.78 is 26.3. The maximum atomic E-state index is 14.1. The summed E-state index contributed by atoms with van der Waals surface area (Å²) in [6, 6.07) is 12.3. The highest BCUT2D eigenvalue weighted by Crippen LogP contribution is 2.34. The van der Waals surface area contributed by atoms with Crippen LogP contribution in [0.15, 0.2) is 46.9 Å². The first-order valence-electron chi connectivity index (χ1n) is 7.20. The number of halogens is 2. The quantitative estimate of drug-likeness (QED) is 0.536. The number of rotatable bonds is 5. The number of carbonyl (C=O) groups excluding carboxylic acids is 1. The lowest BCUT2D eigenvalue weighted by Crippen LogP contribution is -2.06. The second-order valence-electron chi connectivity index (χ2n) is 5.16. The molecule has 0 unspecified atom stereocenters. The van der Waals surface area contributed by atoms with Gasteiger partial charge in [-0.3, -0.25) is 0 Å². The average Bonchev–Trinajstić information content (AvgIpc) is 2.93. The molecule has 0 saturated carbocycles. The van der Waals surface area contributed by atoms with Gasteiger partial charge in [0, 0.05) is 27.2 Å². The fraction of sp³-hybridized carbons (Fsp3) is 0.167. The number of methoxy groups -OCH3 is 1. The van der Waals surface area contributed by atoms with E-state index in [0.29, 0.717) is 20.5 Å². The number of carbonyl (C=O) groups is 1. The maximum Gasteiger partial charge on any atom is 0.349 e. The first-order chi connectivity index (χ1) is 11.6. The van der Waals surface area contributed by atoms with E-state index in [1.807, 2.05) is 24.3 Å². The summed E-state index contributed by atoms with van der Waals surface area (Å²) >= 11 is 4.60. The van der Waals surface area contributed by atoms with Crippen LogP contribution in [0.1, 0.15) is 20.8 Å². The van der Waals surface area contributed by atoms with Crippen LogP contribution in [0.25, 0.3) is 10.1 Å². The van der Waals surface area contributed by atoms with E-state index < -0.39 is 5.97 Å². The molecule has 0 N–H and O–H groups in total. The Hall–Kier alpha value is -1.76. The number of thiophene rings is 1. The molecule has 124 valence electrons. The third kappa shape index (κ3) is 3.50. The fourth-order valence-corrected chi connectivity index (χ4v) is 4.02. The largest absolute Gasteiger partial charge is 0.457 e. The minimum Gasteiger partial charge on any atom is -0.457 e. The van der Waals surface area contributed by atoms with Gasteiger partial charge in [-0.2, -0.15) is 0 Å². The molecular weight excluding hydrogens is 395 g/mol. The number of hydrogen-bond acceptors (Lipinski definition) is 4. The highest BCUT2D eigenvalue weighted by molar-refractivity contribution is 9.10. The number of ether oxygens (including phenoxy) is 2. The van der Waals surface area contributed by atoms with E-state index in [-0.39, 0.29) is 19.0 Å². The molecule has 0 saturated heterocycles. The zero-order valence-corrected chi connectivity index (χ0v) is 15.2. The molecule has 6 heteroatoms. The standard InChI is InChI=1S/C18H14BrFO3S/c1-22-10-13-16-14(20)6-3-7-15(16)24-17(13)18(21)23-9-11-4-2-5-12(19)8-11/h2-8H,9-10H2,1H3. The van der Waals surface area contributed by atoms with Gasteiger partial charge >= 0.3 is 5.97 Å². The summed E-state index contributed by atoms with van der Waals surface area (Å²) in [4.78, 5) is 12.9. The highest BCUT2D eigenvalue weighted by atomic mass is 79.9. The lowest BCUT2D eigenvalue weighted by atomic mass is 10.1. The summed E-state index contributed by atoms with van der Waals surface area (Å²) in [5.41, 5.74) is 1.41. The van der Waals surface area contributed by atoms with Crippen molar-refractivity contribution in [1.82, 2.24) is 0 Å². The monoisotopic (exact) mass is 408 g/mol. The normalized spacial score (nSPS) is 11.0. The van der Waals surface area contributed by atoms with E-state index in [9.17, 15) is 9.18 Å². The Morgan fingerprint density at radius 3 is 2.75 bits per heavy atom. The summed E-state index contributed by atoms with van der Waals surface area (Å²) in [5, 5.41) is 0.429. The van der Waals surface area contributed by atoms with Gasteiger partial charge in [0.25, 0.3) is 0 Å². The lowest BCUT2D eigenvalue weighted by Gasteiger charge is -2.06. The van der Waals surface area contributed by atoms with Gasteiger partial charge in [-0.05, 0) is 29.8 Å². The first kappa shape index (κ1) is 17.1. The average molecular weight is 409 g/mol. The molecule has 0 amide bonds. The third-order valence-corrected chi connectivity index (χ3v) is 5.17. The number of benzene rings is 2. The molecule has 0 fully saturated rings. The van der Waals surface area contributed by atoms with Crippen molar-refractivity contribution in [3.63, 3.8) is 0 Å². The van der Waals surface area contributed by atoms with Crippen LogP contribution in [-0.4, -0.2) is 13.1 Å². The molecule has 3 nitrogen and oxygen atoms in total. The van der Waals surface area contributed by atoms with Crippen LogP contribution in [0.2, 0.25) is 0 Å². The Morgan fingerprint density at radius 1 is 1.21 bits per heavy atom. The van der Waals surface area contributed by atoms with Crippen molar-refractivity contribution in [3.05, 3.63) is 68.8 Å². The number of hydrogen-bond donors (Lipinski definition) is 0. The molecule has 0 spiro atoms. The fourth-order valence-electron chi connectivity index (χ4n) is 2.46. The van der Waals surface area contributed by atoms with Crippen LogP contribution >= 0.6 is 27.3 Å². The molecule has 1 heterocycles. The van der Waals surface area contributed by atoms with Crippen molar-refractivity contribution in [2.75, 3.05) is 7.11 Å². The molecule has 24 heavy (non-hydrogen) atoms. The van der Waals surface area contributed by atoms with Crippen molar-refractivity contribution in [2.45, 2.75) is 13.2 Å². The van der Waals surface area contributed by atoms with Crippen LogP contribution in [0, 0.1) is 5.82 Å². The molecule has 3 aromatic rings. The molecule has 1 aromatic heterocycles. The number of esters is 1. The number of fused-ring (bicyclic) bond motifs is 1. The summed E-state index contributed by atoms with van der Waals surface area (Å²) in [6.07, 6.45) is 0. The van der Waals surface area contributed by atoms with E-state index in [4.69, 9.17) is 9.47 Å². The predicted octanol–water partition coefficient (Wildman–Crippen LogP) is 5.31. The molecule has 0 bridgehead atoms. The highest BCUT2D eigenvalue weighted by Gasteiger charge is 2.21. The molecule has 3 rings (SSSR count). The molecule has 0 aliphatic carbocycles. The molecule has 0 aliphatic rings. The van der Waals surface area contributed by atoms with Gasteiger partial charge < -0.3 is 9.47 Å². The van der Waals surface area contributed by atoms with Crippen LogP contribution in [0.3, 0.4) is 0 Å². The second-order valence-corrected chi connectivity index (χ2v) is 7.13. The molecule has 2 aromatic carbocycles. The minimum atomic E-state index is -0.470. The van der Waals surface area contributed by atoms with E-state index in [2.05, 4.69) is 15.9 Å². The van der Waals surface area contributed by atoms with Gasteiger partial charge in [0.05, 0.1) is 6.61 Å². The smallest absolute Gasteiger partial charge is 0.349 e. The SMILES string of the molecule is COCc1c(C(=O)OCc2cccc(Br)c2)sc2cccc(F)c12. The van der Waals surface area contributed by atoms with E-state index in [0.717, 1.165) is 10.0 Å². The van der Waals surface area contributed by atoms with Crippen molar-refractivity contribution in [2.24, 2.45) is 0 Å². The lowest BCUT2D eigenvalue weighted by molar-refractivity contribution is 0.0474. The summed E-state index contributed by atoms with van der Waals surface area (Å²) in [6.45, 7) is 0.309. The van der Waals surface area contributed by atoms with Gasteiger partial charge in [0.1, 0.15) is 17.3 Å². The van der Waals surface area contributed by atoms with E-state index in [1.54, 1.807) is 12.1 Å². The zero-order valence-electron chi connectivity index (χ0n) is 12.8. The maximum absolute atomic E-state index is 14.1. The minimum absolute atomic E-state index is 0.154. The van der Waals surface area contributed by atoms with Gasteiger partial charge in [-0.1, -0.05) is 34.1 Å². The summed E-state index contributed by atoms with van der Waals surface area (Å²) in [7, 11) is 1.51. The molecule has 0 atom stereocenters. The Balaban J connectivity index is 1.89. The Bertz CT molecular complexity index is 891. The predicted molar refractivity (Wildman–Crippen MR) is 95.8 cm³/mol. The Morgan fingerprint density at radius 2 is 2.00 bits per heavy atom. The van der Waals surface area contributed by atoms with Crippen molar-refractivity contribution in [1.29, 1.82) is 0 Å². The van der Waals surface area contributed by atoms with Crippen LogP contribution in [0.5, 0.6) is 0 Å². The summed E-state index contributed by atoms with van der Waals surface area (Å²) in [5.74, 6) is -0.829. The van der Waals surface area contributed by atoms with Crippen molar-refractivity contribution >= 4 is 43.3 Å². The van der Waals surface area contributed by atoms with Gasteiger partial charge in [0.2, 0.25) is 0 Å². The first-order valence-corrected chi connectivity index (χ1v) is 8.81. The molecular formula is C18H14BrFO3S. The van der Waals surface area contributed by atoms with Crippen LogP contribution in [0.4, 0.5) is 4.39 Å². The Kier molecular flexibility index (Phi) is 5.28. The third-order valence-electron chi connectivity index (χ3n) is 3.50. The van der Waals surface area contributed by atoms with Gasteiger partial charge in [-0.15, -0.1) is 11.3 Å². The Labute approximate surface area is 151 Å². The zero-order chi connectivity index (χ0) is 17.1. The van der Waals surface area contributed by atoms with Crippen molar-refractivity contribution < 1.29 is 18.7 Å².